The Hall–Kier alpha value is -1.14. The van der Waals surface area contributed by atoms with Gasteiger partial charge in [-0.3, -0.25) is 0 Å². The zero-order valence-corrected chi connectivity index (χ0v) is 11.3. The van der Waals surface area contributed by atoms with Crippen molar-refractivity contribution in [3.8, 4) is 10.6 Å². The lowest BCUT2D eigenvalue weighted by atomic mass is 10.1. The van der Waals surface area contributed by atoms with Gasteiger partial charge in [-0.1, -0.05) is 23.5 Å². The first-order valence-electron chi connectivity index (χ1n) is 5.56. The summed E-state index contributed by atoms with van der Waals surface area (Å²) < 4.78 is 37.3. The highest BCUT2D eigenvalue weighted by molar-refractivity contribution is 7.14. The Labute approximate surface area is 117 Å². The van der Waals surface area contributed by atoms with Crippen LogP contribution in [-0.4, -0.2) is 16.1 Å². The van der Waals surface area contributed by atoms with Crippen LogP contribution in [0.3, 0.4) is 0 Å². The van der Waals surface area contributed by atoms with Gasteiger partial charge >= 0.3 is 6.18 Å². The number of hydrogen-bond acceptors (Lipinski definition) is 3. The zero-order chi connectivity index (χ0) is 13.9. The molecular weight excluding hydrogens is 297 g/mol. The first kappa shape index (κ1) is 14.3. The van der Waals surface area contributed by atoms with E-state index < -0.39 is 11.7 Å². The topological polar surface area (TPSA) is 25.8 Å². The van der Waals surface area contributed by atoms with Crippen molar-refractivity contribution in [2.75, 3.05) is 5.88 Å². The number of aryl methyl sites for hydroxylation is 1. The van der Waals surface area contributed by atoms with Gasteiger partial charge in [-0.05, 0) is 18.6 Å². The molecule has 0 atom stereocenters. The van der Waals surface area contributed by atoms with Gasteiger partial charge in [0.15, 0.2) is 0 Å². The van der Waals surface area contributed by atoms with E-state index in [2.05, 4.69) is 10.2 Å². The van der Waals surface area contributed by atoms with Crippen LogP contribution in [0.5, 0.6) is 0 Å². The second kappa shape index (κ2) is 5.88. The molecule has 19 heavy (non-hydrogen) atoms. The first-order chi connectivity index (χ1) is 9.00. The highest BCUT2D eigenvalue weighted by Gasteiger charge is 2.30. The predicted octanol–water partition coefficient (Wildman–Crippen LogP) is 4.40. The van der Waals surface area contributed by atoms with Gasteiger partial charge in [0.2, 0.25) is 0 Å². The predicted molar refractivity (Wildman–Crippen MR) is 69.4 cm³/mol. The number of nitrogens with zero attached hydrogens (tertiary/aromatic N) is 2. The molecule has 0 saturated heterocycles. The van der Waals surface area contributed by atoms with Crippen molar-refractivity contribution < 1.29 is 13.2 Å². The fourth-order valence-electron chi connectivity index (χ4n) is 1.49. The molecule has 1 aromatic carbocycles. The van der Waals surface area contributed by atoms with Crippen LogP contribution in [-0.2, 0) is 12.6 Å². The quantitative estimate of drug-likeness (QED) is 0.783. The third kappa shape index (κ3) is 3.67. The molecule has 1 aromatic heterocycles. The van der Waals surface area contributed by atoms with Gasteiger partial charge in [0.1, 0.15) is 10.0 Å². The Morgan fingerprint density at radius 3 is 2.37 bits per heavy atom. The monoisotopic (exact) mass is 306 g/mol. The van der Waals surface area contributed by atoms with Crippen LogP contribution in [0.4, 0.5) is 13.2 Å². The molecule has 0 aliphatic carbocycles. The smallest absolute Gasteiger partial charge is 0.166 e. The zero-order valence-electron chi connectivity index (χ0n) is 9.75. The van der Waals surface area contributed by atoms with Crippen LogP contribution in [0, 0.1) is 0 Å². The lowest BCUT2D eigenvalue weighted by Gasteiger charge is -2.06. The van der Waals surface area contributed by atoms with Gasteiger partial charge in [-0.25, -0.2) is 0 Å². The van der Waals surface area contributed by atoms with Crippen molar-refractivity contribution in [3.05, 3.63) is 34.8 Å². The fourth-order valence-corrected chi connectivity index (χ4v) is 2.51. The standard InChI is InChI=1S/C12H10ClF3N2S/c13-7-1-2-10-17-18-11(19-10)8-3-5-9(6-4-8)12(14,15)16/h3-6H,1-2,7H2. The van der Waals surface area contributed by atoms with E-state index in [1.165, 1.54) is 23.5 Å². The van der Waals surface area contributed by atoms with E-state index >= 15 is 0 Å². The summed E-state index contributed by atoms with van der Waals surface area (Å²) in [4.78, 5) is 0. The minimum atomic E-state index is -4.31. The van der Waals surface area contributed by atoms with Crippen LogP contribution in [0.2, 0.25) is 0 Å². The fraction of sp³-hybridized carbons (Fsp3) is 0.333. The summed E-state index contributed by atoms with van der Waals surface area (Å²) in [5.41, 5.74) is -0.0225. The molecule has 1 heterocycles. The van der Waals surface area contributed by atoms with E-state index in [1.54, 1.807) is 0 Å². The number of aromatic nitrogens is 2. The molecule has 2 aromatic rings. The first-order valence-corrected chi connectivity index (χ1v) is 6.92. The van der Waals surface area contributed by atoms with Crippen LogP contribution < -0.4 is 0 Å². The minimum absolute atomic E-state index is 0.551. The summed E-state index contributed by atoms with van der Waals surface area (Å²) in [7, 11) is 0. The molecule has 0 unspecified atom stereocenters. The van der Waals surface area contributed by atoms with Crippen molar-refractivity contribution in [2.45, 2.75) is 19.0 Å². The highest BCUT2D eigenvalue weighted by Crippen LogP contribution is 2.31. The molecule has 0 aliphatic heterocycles. The lowest BCUT2D eigenvalue weighted by Crippen LogP contribution is -2.03. The molecule has 0 aliphatic rings. The molecule has 0 N–H and O–H groups in total. The van der Waals surface area contributed by atoms with E-state index in [0.717, 1.165) is 30.0 Å². The second-order valence-electron chi connectivity index (χ2n) is 3.87. The van der Waals surface area contributed by atoms with Crippen molar-refractivity contribution in [3.63, 3.8) is 0 Å². The maximum absolute atomic E-state index is 12.4. The van der Waals surface area contributed by atoms with Gasteiger partial charge in [-0.2, -0.15) is 13.2 Å². The number of rotatable bonds is 4. The molecule has 0 bridgehead atoms. The summed E-state index contributed by atoms with van der Waals surface area (Å²) in [6.45, 7) is 0. The summed E-state index contributed by atoms with van der Waals surface area (Å²) in [6.07, 6.45) is -2.77. The van der Waals surface area contributed by atoms with Crippen LogP contribution in [0.1, 0.15) is 17.0 Å². The normalized spacial score (nSPS) is 11.8. The van der Waals surface area contributed by atoms with E-state index in [9.17, 15) is 13.2 Å². The largest absolute Gasteiger partial charge is 0.416 e. The average molecular weight is 307 g/mol. The van der Waals surface area contributed by atoms with E-state index in [1.807, 2.05) is 0 Å². The summed E-state index contributed by atoms with van der Waals surface area (Å²) in [6, 6.07) is 4.92. The van der Waals surface area contributed by atoms with Crippen molar-refractivity contribution >= 4 is 22.9 Å². The number of hydrogen-bond donors (Lipinski definition) is 0. The van der Waals surface area contributed by atoms with Gasteiger partial charge in [-0.15, -0.1) is 21.8 Å². The highest BCUT2D eigenvalue weighted by atomic mass is 35.5. The maximum atomic E-state index is 12.4. The Morgan fingerprint density at radius 2 is 1.79 bits per heavy atom. The third-order valence-electron chi connectivity index (χ3n) is 2.45. The summed E-state index contributed by atoms with van der Waals surface area (Å²) in [5, 5.41) is 9.43. The Bertz CT molecular complexity index is 537. The summed E-state index contributed by atoms with van der Waals surface area (Å²) in [5.74, 6) is 0.551. The molecule has 0 amide bonds. The molecule has 0 fully saturated rings. The van der Waals surface area contributed by atoms with Crippen molar-refractivity contribution in [2.24, 2.45) is 0 Å². The van der Waals surface area contributed by atoms with Gasteiger partial charge in [0, 0.05) is 17.9 Å². The SMILES string of the molecule is FC(F)(F)c1ccc(-c2nnc(CCCCl)s2)cc1. The van der Waals surface area contributed by atoms with Crippen molar-refractivity contribution in [1.29, 1.82) is 0 Å². The van der Waals surface area contributed by atoms with Gasteiger partial charge < -0.3 is 0 Å². The number of halogens is 4. The van der Waals surface area contributed by atoms with Gasteiger partial charge in [0.25, 0.3) is 0 Å². The van der Waals surface area contributed by atoms with Crippen LogP contribution >= 0.6 is 22.9 Å². The van der Waals surface area contributed by atoms with Gasteiger partial charge in [0.05, 0.1) is 5.56 Å². The Morgan fingerprint density at radius 1 is 1.11 bits per heavy atom. The van der Waals surface area contributed by atoms with E-state index in [-0.39, 0.29) is 0 Å². The lowest BCUT2D eigenvalue weighted by molar-refractivity contribution is -0.137. The molecule has 102 valence electrons. The molecular formula is C12H10ClF3N2S. The molecule has 2 rings (SSSR count). The molecule has 0 radical (unpaired) electrons. The van der Waals surface area contributed by atoms with E-state index in [0.29, 0.717) is 16.5 Å². The second-order valence-corrected chi connectivity index (χ2v) is 5.31. The maximum Gasteiger partial charge on any atom is 0.416 e. The number of benzene rings is 1. The van der Waals surface area contributed by atoms with E-state index in [4.69, 9.17) is 11.6 Å². The Kier molecular flexibility index (Phi) is 4.42. The van der Waals surface area contributed by atoms with Crippen LogP contribution in [0.25, 0.3) is 10.6 Å². The Balaban J connectivity index is 2.16. The van der Waals surface area contributed by atoms with Crippen molar-refractivity contribution in [1.82, 2.24) is 10.2 Å². The average Bonchev–Trinajstić information content (AvgIpc) is 2.84. The minimum Gasteiger partial charge on any atom is -0.166 e. The number of alkyl halides is 4. The molecule has 0 saturated carbocycles. The molecule has 2 nitrogen and oxygen atoms in total. The van der Waals surface area contributed by atoms with Crippen LogP contribution in [0.15, 0.2) is 24.3 Å². The molecule has 7 heteroatoms. The molecule has 0 spiro atoms. The summed E-state index contributed by atoms with van der Waals surface area (Å²) >= 11 is 6.96. The third-order valence-corrected chi connectivity index (χ3v) is 3.75.